The van der Waals surface area contributed by atoms with Crippen molar-refractivity contribution in [3.05, 3.63) is 59.9 Å². The standard InChI is InChI=1S/C22H23N3O6S/c1-13-11-25(12-14(2)30-13)32(28,29)16-9-7-15(8-10-16)22(27)24-19-17-5-3-4-6-18(17)31-20(19)21(23)26/h3-10,13-14H,11-12H2,1-2H3,(H2,23,26)(H,24,27)/t13-,14-/m0/s1. The Hall–Kier alpha value is -3.21. The number of hydrogen-bond acceptors (Lipinski definition) is 6. The molecule has 1 saturated heterocycles. The van der Waals surface area contributed by atoms with Crippen molar-refractivity contribution in [3.8, 4) is 0 Å². The summed E-state index contributed by atoms with van der Waals surface area (Å²) in [6.07, 6.45) is -0.411. The van der Waals surface area contributed by atoms with E-state index in [1.165, 1.54) is 28.6 Å². The van der Waals surface area contributed by atoms with Crippen molar-refractivity contribution in [2.75, 3.05) is 18.4 Å². The molecule has 10 heteroatoms. The summed E-state index contributed by atoms with van der Waals surface area (Å²) >= 11 is 0. The summed E-state index contributed by atoms with van der Waals surface area (Å²) in [6.45, 7) is 4.17. The lowest BCUT2D eigenvalue weighted by Crippen LogP contribution is -2.48. The van der Waals surface area contributed by atoms with Crippen LogP contribution in [0.25, 0.3) is 11.0 Å². The van der Waals surface area contributed by atoms with Gasteiger partial charge < -0.3 is 20.2 Å². The lowest BCUT2D eigenvalue weighted by molar-refractivity contribution is -0.0440. The van der Waals surface area contributed by atoms with Gasteiger partial charge in [0.25, 0.3) is 11.8 Å². The second-order valence-corrected chi connectivity index (χ2v) is 9.66. The highest BCUT2D eigenvalue weighted by molar-refractivity contribution is 7.89. The SMILES string of the molecule is C[C@H]1CN(S(=O)(=O)c2ccc(C(=O)Nc3c(C(N)=O)oc4ccccc34)cc2)C[C@H](C)O1. The van der Waals surface area contributed by atoms with Gasteiger partial charge in [-0.1, -0.05) is 12.1 Å². The Labute approximate surface area is 185 Å². The quantitative estimate of drug-likeness (QED) is 0.605. The first-order valence-corrected chi connectivity index (χ1v) is 11.5. The molecule has 0 radical (unpaired) electrons. The molecular weight excluding hydrogens is 434 g/mol. The fourth-order valence-corrected chi connectivity index (χ4v) is 5.37. The van der Waals surface area contributed by atoms with Crippen molar-refractivity contribution in [1.82, 2.24) is 4.31 Å². The predicted octanol–water partition coefficient (Wildman–Crippen LogP) is 2.58. The fourth-order valence-electron chi connectivity index (χ4n) is 3.78. The summed E-state index contributed by atoms with van der Waals surface area (Å²) in [6, 6.07) is 12.4. The summed E-state index contributed by atoms with van der Waals surface area (Å²) in [7, 11) is -3.72. The maximum atomic E-state index is 13.0. The van der Waals surface area contributed by atoms with Crippen LogP contribution in [0, 0.1) is 0 Å². The van der Waals surface area contributed by atoms with Gasteiger partial charge in [-0.25, -0.2) is 8.42 Å². The highest BCUT2D eigenvalue weighted by atomic mass is 32.2. The monoisotopic (exact) mass is 457 g/mol. The van der Waals surface area contributed by atoms with Crippen LogP contribution in [0.15, 0.2) is 57.8 Å². The average molecular weight is 458 g/mol. The Balaban J connectivity index is 1.58. The third-order valence-corrected chi connectivity index (χ3v) is 7.04. The smallest absolute Gasteiger partial charge is 0.286 e. The van der Waals surface area contributed by atoms with Gasteiger partial charge in [-0.3, -0.25) is 9.59 Å². The number of furan rings is 1. The summed E-state index contributed by atoms with van der Waals surface area (Å²) in [5.74, 6) is -1.50. The maximum Gasteiger partial charge on any atom is 0.286 e. The summed E-state index contributed by atoms with van der Waals surface area (Å²) in [4.78, 5) is 24.6. The van der Waals surface area contributed by atoms with Crippen LogP contribution in [0.3, 0.4) is 0 Å². The Morgan fingerprint density at radius 2 is 1.66 bits per heavy atom. The molecule has 32 heavy (non-hydrogen) atoms. The van der Waals surface area contributed by atoms with Crippen molar-refractivity contribution >= 4 is 38.5 Å². The molecule has 0 spiro atoms. The van der Waals surface area contributed by atoms with Crippen molar-refractivity contribution in [3.63, 3.8) is 0 Å². The Bertz CT molecular complexity index is 1270. The van der Waals surface area contributed by atoms with Crippen LogP contribution in [-0.4, -0.2) is 49.8 Å². The molecule has 2 atom stereocenters. The van der Waals surface area contributed by atoms with E-state index in [1.54, 1.807) is 24.3 Å². The van der Waals surface area contributed by atoms with E-state index in [1.807, 2.05) is 13.8 Å². The molecule has 4 rings (SSSR count). The number of nitrogens with zero attached hydrogens (tertiary/aromatic N) is 1. The molecule has 0 bridgehead atoms. The molecule has 1 fully saturated rings. The van der Waals surface area contributed by atoms with Crippen molar-refractivity contribution in [2.24, 2.45) is 5.73 Å². The van der Waals surface area contributed by atoms with Crippen molar-refractivity contribution < 1.29 is 27.2 Å². The fraction of sp³-hybridized carbons (Fsp3) is 0.273. The lowest BCUT2D eigenvalue weighted by Gasteiger charge is -2.34. The molecule has 2 heterocycles. The number of hydrogen-bond donors (Lipinski definition) is 2. The van der Waals surface area contributed by atoms with E-state index in [4.69, 9.17) is 14.9 Å². The van der Waals surface area contributed by atoms with Crippen LogP contribution in [0.4, 0.5) is 5.69 Å². The first-order chi connectivity index (χ1) is 15.2. The zero-order chi connectivity index (χ0) is 23.0. The number of para-hydroxylation sites is 1. The molecule has 9 nitrogen and oxygen atoms in total. The number of carbonyl (C=O) groups is 2. The van der Waals surface area contributed by atoms with Gasteiger partial charge in [-0.15, -0.1) is 0 Å². The van der Waals surface area contributed by atoms with Gasteiger partial charge in [0.2, 0.25) is 15.8 Å². The molecule has 1 aliphatic rings. The number of fused-ring (bicyclic) bond motifs is 1. The van der Waals surface area contributed by atoms with Crippen molar-refractivity contribution in [2.45, 2.75) is 31.0 Å². The van der Waals surface area contributed by atoms with E-state index >= 15 is 0 Å². The van der Waals surface area contributed by atoms with Crippen molar-refractivity contribution in [1.29, 1.82) is 0 Å². The average Bonchev–Trinajstić information content (AvgIpc) is 3.12. The van der Waals surface area contributed by atoms with E-state index < -0.39 is 21.8 Å². The number of sulfonamides is 1. The molecule has 1 aliphatic heterocycles. The number of benzene rings is 2. The number of morpholine rings is 1. The molecule has 3 N–H and O–H groups in total. The van der Waals surface area contributed by atoms with Gasteiger partial charge in [-0.2, -0.15) is 4.31 Å². The second kappa shape index (κ2) is 8.38. The topological polar surface area (TPSA) is 132 Å². The summed E-state index contributed by atoms with van der Waals surface area (Å²) in [5.41, 5.74) is 6.18. The first kappa shape index (κ1) is 22.0. The van der Waals surface area contributed by atoms with E-state index in [2.05, 4.69) is 5.32 Å². The number of ether oxygens (including phenoxy) is 1. The molecule has 1 aromatic heterocycles. The highest BCUT2D eigenvalue weighted by Gasteiger charge is 2.32. The van der Waals surface area contributed by atoms with Gasteiger partial charge in [0, 0.05) is 24.0 Å². The molecule has 168 valence electrons. The Kier molecular flexibility index (Phi) is 5.76. The lowest BCUT2D eigenvalue weighted by atomic mass is 10.2. The number of amides is 2. The van der Waals surface area contributed by atoms with E-state index in [-0.39, 0.29) is 47.2 Å². The second-order valence-electron chi connectivity index (χ2n) is 7.72. The van der Waals surface area contributed by atoms with Crippen LogP contribution in [0.5, 0.6) is 0 Å². The molecule has 3 aromatic rings. The van der Waals surface area contributed by atoms with Gasteiger partial charge in [0.05, 0.1) is 17.1 Å². The molecule has 2 aromatic carbocycles. The third kappa shape index (κ3) is 4.12. The molecule has 2 amide bonds. The Morgan fingerprint density at radius 3 is 2.28 bits per heavy atom. The highest BCUT2D eigenvalue weighted by Crippen LogP contribution is 2.31. The number of nitrogens with one attached hydrogen (secondary N) is 1. The zero-order valence-electron chi connectivity index (χ0n) is 17.6. The minimum Gasteiger partial charge on any atom is -0.449 e. The predicted molar refractivity (Wildman–Crippen MR) is 118 cm³/mol. The summed E-state index contributed by atoms with van der Waals surface area (Å²) in [5, 5.41) is 3.19. The number of rotatable bonds is 5. The van der Waals surface area contributed by atoms with Gasteiger partial charge in [0.1, 0.15) is 11.3 Å². The van der Waals surface area contributed by atoms with Gasteiger partial charge >= 0.3 is 0 Å². The minimum absolute atomic E-state index is 0.0851. The molecule has 0 saturated carbocycles. The van der Waals surface area contributed by atoms with E-state index in [9.17, 15) is 18.0 Å². The third-order valence-electron chi connectivity index (χ3n) is 5.20. The number of anilines is 1. The molecule has 0 aliphatic carbocycles. The van der Waals surface area contributed by atoms with Crippen LogP contribution in [-0.2, 0) is 14.8 Å². The number of primary amides is 1. The Morgan fingerprint density at radius 1 is 1.03 bits per heavy atom. The van der Waals surface area contributed by atoms with E-state index in [0.29, 0.717) is 11.0 Å². The van der Waals surface area contributed by atoms with Crippen LogP contribution in [0.2, 0.25) is 0 Å². The zero-order valence-corrected chi connectivity index (χ0v) is 18.4. The minimum atomic E-state index is -3.72. The normalized spacial score (nSPS) is 19.7. The van der Waals surface area contributed by atoms with Crippen LogP contribution in [0.1, 0.15) is 34.8 Å². The first-order valence-electron chi connectivity index (χ1n) is 10.0. The number of carbonyl (C=O) groups excluding carboxylic acids is 2. The van der Waals surface area contributed by atoms with Crippen LogP contribution >= 0.6 is 0 Å². The van der Waals surface area contributed by atoms with Gasteiger partial charge in [0.15, 0.2) is 0 Å². The molecule has 0 unspecified atom stereocenters. The number of nitrogens with two attached hydrogens (primary N) is 1. The van der Waals surface area contributed by atoms with Gasteiger partial charge in [-0.05, 0) is 50.2 Å². The molecular formula is C22H23N3O6S. The van der Waals surface area contributed by atoms with E-state index in [0.717, 1.165) is 0 Å². The largest absolute Gasteiger partial charge is 0.449 e. The summed E-state index contributed by atoms with van der Waals surface area (Å²) < 4.78 is 38.4. The maximum absolute atomic E-state index is 13.0. The van der Waals surface area contributed by atoms with Crippen LogP contribution < -0.4 is 11.1 Å².